The number of ether oxygens (including phenoxy) is 2. The molecule has 0 saturated carbocycles. The van der Waals surface area contributed by atoms with Crippen LogP contribution in [0, 0.1) is 0 Å². The molecule has 0 aromatic heterocycles. The molecule has 0 unspecified atom stereocenters. The first-order chi connectivity index (χ1) is 12.2. The van der Waals surface area contributed by atoms with Crippen molar-refractivity contribution in [2.75, 3.05) is 49.4 Å². The third kappa shape index (κ3) is 4.41. The van der Waals surface area contributed by atoms with Gasteiger partial charge in [0, 0.05) is 21.5 Å². The Morgan fingerprint density at radius 2 is 0.808 bits per heavy atom. The lowest BCUT2D eigenvalue weighted by Gasteiger charge is -2.28. The van der Waals surface area contributed by atoms with Crippen molar-refractivity contribution in [3.8, 4) is 11.5 Å². The third-order valence-corrected chi connectivity index (χ3v) is 5.60. The standard InChI is InChI=1S/C22H30O2S2/c1-25(2,3)15-23-21-17-11-7-9-13-19(17)22(24-16-26(4,5)6)20-14-10-8-12-18(20)21/h7-14H,15-16H2,1-6H3. The Labute approximate surface area is 160 Å². The molecule has 0 spiro atoms. The zero-order valence-electron chi connectivity index (χ0n) is 16.7. The van der Waals surface area contributed by atoms with E-state index < -0.39 is 20.1 Å². The van der Waals surface area contributed by atoms with Crippen molar-refractivity contribution in [2.45, 2.75) is 0 Å². The Morgan fingerprint density at radius 3 is 1.04 bits per heavy atom. The van der Waals surface area contributed by atoms with Crippen LogP contribution in [0.2, 0.25) is 0 Å². The monoisotopic (exact) mass is 390 g/mol. The van der Waals surface area contributed by atoms with Crippen molar-refractivity contribution in [3.05, 3.63) is 48.5 Å². The van der Waals surface area contributed by atoms with E-state index in [1.54, 1.807) is 0 Å². The molecule has 0 N–H and O–H groups in total. The van der Waals surface area contributed by atoms with Gasteiger partial charge in [-0.25, -0.2) is 20.1 Å². The summed E-state index contributed by atoms with van der Waals surface area (Å²) in [5.74, 6) is 3.48. The maximum Gasteiger partial charge on any atom is 0.136 e. The quantitative estimate of drug-likeness (QED) is 0.477. The van der Waals surface area contributed by atoms with E-state index in [9.17, 15) is 0 Å². The van der Waals surface area contributed by atoms with Crippen LogP contribution >= 0.6 is 20.1 Å². The highest BCUT2D eigenvalue weighted by Gasteiger charge is 2.18. The molecule has 26 heavy (non-hydrogen) atoms. The Kier molecular flexibility index (Phi) is 5.36. The van der Waals surface area contributed by atoms with Crippen molar-refractivity contribution < 1.29 is 9.47 Å². The second-order valence-electron chi connectivity index (χ2n) is 8.46. The fourth-order valence-electron chi connectivity index (χ4n) is 2.83. The highest BCUT2D eigenvalue weighted by Crippen LogP contribution is 2.46. The highest BCUT2D eigenvalue weighted by atomic mass is 32.3. The summed E-state index contributed by atoms with van der Waals surface area (Å²) in [7, 11) is -1.50. The first kappa shape index (κ1) is 19.2. The number of rotatable bonds is 6. The van der Waals surface area contributed by atoms with Gasteiger partial charge >= 0.3 is 0 Å². The molecule has 3 aromatic rings. The Bertz CT molecular complexity index is 788. The van der Waals surface area contributed by atoms with Gasteiger partial charge in [-0.1, -0.05) is 48.5 Å². The van der Waals surface area contributed by atoms with Crippen LogP contribution in [0.5, 0.6) is 11.5 Å². The van der Waals surface area contributed by atoms with E-state index >= 15 is 0 Å². The average molecular weight is 391 g/mol. The number of hydrogen-bond donors (Lipinski definition) is 0. The summed E-state index contributed by atoms with van der Waals surface area (Å²) in [5.41, 5.74) is 0. The van der Waals surface area contributed by atoms with E-state index in [0.717, 1.165) is 44.9 Å². The highest BCUT2D eigenvalue weighted by molar-refractivity contribution is 8.32. The Balaban J connectivity index is 2.21. The van der Waals surface area contributed by atoms with Crippen LogP contribution in [0.25, 0.3) is 21.5 Å². The summed E-state index contributed by atoms with van der Waals surface area (Å²) >= 11 is 0. The van der Waals surface area contributed by atoms with Crippen LogP contribution in [0.1, 0.15) is 0 Å². The maximum atomic E-state index is 6.38. The molecule has 0 aliphatic carbocycles. The summed E-state index contributed by atoms with van der Waals surface area (Å²) in [5, 5.41) is 4.53. The minimum Gasteiger partial charge on any atom is -0.483 e. The zero-order chi connectivity index (χ0) is 18.9. The average Bonchev–Trinajstić information content (AvgIpc) is 2.56. The van der Waals surface area contributed by atoms with Gasteiger partial charge in [-0.05, 0) is 37.5 Å². The topological polar surface area (TPSA) is 18.5 Å². The predicted octanol–water partition coefficient (Wildman–Crippen LogP) is 6.05. The lowest BCUT2D eigenvalue weighted by molar-refractivity contribution is 0.393. The van der Waals surface area contributed by atoms with Crippen molar-refractivity contribution in [3.63, 3.8) is 0 Å². The van der Waals surface area contributed by atoms with Gasteiger partial charge in [0.05, 0.1) is 0 Å². The summed E-state index contributed by atoms with van der Waals surface area (Å²) in [6, 6.07) is 16.9. The molecular formula is C22H30O2S2. The van der Waals surface area contributed by atoms with Crippen LogP contribution in [0.4, 0.5) is 0 Å². The van der Waals surface area contributed by atoms with E-state index in [0.29, 0.717) is 0 Å². The van der Waals surface area contributed by atoms with Gasteiger partial charge in [-0.15, -0.1) is 0 Å². The van der Waals surface area contributed by atoms with Crippen LogP contribution in [-0.4, -0.2) is 49.4 Å². The lowest BCUT2D eigenvalue weighted by Crippen LogP contribution is -2.08. The minimum atomic E-state index is -0.749. The van der Waals surface area contributed by atoms with E-state index in [4.69, 9.17) is 9.47 Å². The van der Waals surface area contributed by atoms with Crippen molar-refractivity contribution >= 4 is 41.6 Å². The predicted molar refractivity (Wildman–Crippen MR) is 123 cm³/mol. The fraction of sp³-hybridized carbons (Fsp3) is 0.364. The molecule has 0 fully saturated rings. The summed E-state index contributed by atoms with van der Waals surface area (Å²) in [6.07, 6.45) is 13.7. The molecule has 0 bridgehead atoms. The number of hydrogen-bond acceptors (Lipinski definition) is 2. The molecule has 0 saturated heterocycles. The first-order valence-corrected chi connectivity index (χ1v) is 14.7. The molecule has 3 rings (SSSR count). The largest absolute Gasteiger partial charge is 0.483 e. The molecule has 3 aromatic carbocycles. The zero-order valence-corrected chi connectivity index (χ0v) is 18.3. The SMILES string of the molecule is CS(C)(C)COc1c2ccccc2c(OCS(C)(C)C)c2ccccc12. The van der Waals surface area contributed by atoms with Crippen molar-refractivity contribution in [2.24, 2.45) is 0 Å². The summed E-state index contributed by atoms with van der Waals surface area (Å²) in [6.45, 7) is 0. The second-order valence-corrected chi connectivity index (χ2v) is 17.3. The fourth-order valence-corrected chi connectivity index (χ4v) is 3.77. The van der Waals surface area contributed by atoms with Crippen LogP contribution in [0.15, 0.2) is 48.5 Å². The molecule has 4 heteroatoms. The molecule has 0 aliphatic heterocycles. The number of benzene rings is 3. The van der Waals surface area contributed by atoms with Gasteiger partial charge in [0.15, 0.2) is 0 Å². The molecule has 0 heterocycles. The lowest BCUT2D eigenvalue weighted by atomic mass is 10.0. The molecule has 0 radical (unpaired) electrons. The van der Waals surface area contributed by atoms with Gasteiger partial charge in [0.25, 0.3) is 0 Å². The normalized spacial score (nSPS) is 13.8. The van der Waals surface area contributed by atoms with E-state index in [1.807, 2.05) is 0 Å². The summed E-state index contributed by atoms with van der Waals surface area (Å²) in [4.78, 5) is 0. The van der Waals surface area contributed by atoms with Crippen LogP contribution in [0.3, 0.4) is 0 Å². The van der Waals surface area contributed by atoms with Gasteiger partial charge in [-0.2, -0.15) is 0 Å². The Hall–Kier alpha value is -1.52. The molecule has 2 nitrogen and oxygen atoms in total. The van der Waals surface area contributed by atoms with E-state index in [2.05, 4.69) is 86.1 Å². The van der Waals surface area contributed by atoms with Crippen LogP contribution in [-0.2, 0) is 0 Å². The van der Waals surface area contributed by atoms with Crippen LogP contribution < -0.4 is 9.47 Å². The molecule has 0 aliphatic rings. The van der Waals surface area contributed by atoms with E-state index in [1.165, 1.54) is 0 Å². The van der Waals surface area contributed by atoms with Gasteiger partial charge in [0.1, 0.15) is 23.4 Å². The summed E-state index contributed by atoms with van der Waals surface area (Å²) < 4.78 is 12.8. The van der Waals surface area contributed by atoms with Gasteiger partial charge in [-0.3, -0.25) is 0 Å². The second kappa shape index (κ2) is 7.24. The number of fused-ring (bicyclic) bond motifs is 2. The molecule has 0 atom stereocenters. The van der Waals surface area contributed by atoms with Gasteiger partial charge in [0.2, 0.25) is 0 Å². The first-order valence-electron chi connectivity index (χ1n) is 8.67. The molecule has 0 amide bonds. The maximum absolute atomic E-state index is 6.38. The van der Waals surface area contributed by atoms with Crippen molar-refractivity contribution in [1.82, 2.24) is 0 Å². The van der Waals surface area contributed by atoms with Gasteiger partial charge < -0.3 is 9.47 Å². The smallest absolute Gasteiger partial charge is 0.136 e. The third-order valence-electron chi connectivity index (χ3n) is 3.95. The van der Waals surface area contributed by atoms with E-state index in [-0.39, 0.29) is 0 Å². The Morgan fingerprint density at radius 1 is 0.538 bits per heavy atom. The molecular weight excluding hydrogens is 360 g/mol. The minimum absolute atomic E-state index is 0.749. The molecule has 142 valence electrons. The van der Waals surface area contributed by atoms with Crippen molar-refractivity contribution in [1.29, 1.82) is 0 Å².